The van der Waals surface area contributed by atoms with Crippen LogP contribution in [-0.4, -0.2) is 7.11 Å². The lowest BCUT2D eigenvalue weighted by Gasteiger charge is -2.37. The first-order valence-electron chi connectivity index (χ1n) is 7.27. The molecule has 0 radical (unpaired) electrons. The van der Waals surface area contributed by atoms with Crippen molar-refractivity contribution in [3.05, 3.63) is 63.7 Å². The van der Waals surface area contributed by atoms with E-state index in [0.717, 1.165) is 46.7 Å². The highest BCUT2D eigenvalue weighted by Crippen LogP contribution is 2.41. The molecule has 1 unspecified atom stereocenters. The Morgan fingerprint density at radius 1 is 1.19 bits per heavy atom. The molecule has 3 heteroatoms. The van der Waals surface area contributed by atoms with E-state index in [2.05, 4.69) is 18.2 Å². The molecular formula is C18H20ClNO. The van der Waals surface area contributed by atoms with E-state index in [0.29, 0.717) is 0 Å². The maximum atomic E-state index is 6.82. The van der Waals surface area contributed by atoms with E-state index in [1.807, 2.05) is 25.1 Å². The van der Waals surface area contributed by atoms with Crippen molar-refractivity contribution in [3.63, 3.8) is 0 Å². The van der Waals surface area contributed by atoms with Crippen LogP contribution in [0, 0.1) is 6.92 Å². The highest BCUT2D eigenvalue weighted by Gasteiger charge is 2.35. The standard InChI is InChI=1S/C18H20ClNO/c1-12-5-7-14(10-17(12)19)18(20)9-3-4-13-6-8-15(21-2)11-16(13)18/h5-8,10-11H,3-4,9,20H2,1-2H3. The number of rotatable bonds is 2. The van der Waals surface area contributed by atoms with Crippen LogP contribution in [0.25, 0.3) is 0 Å². The molecule has 1 aliphatic rings. The monoisotopic (exact) mass is 301 g/mol. The number of nitrogens with two attached hydrogens (primary N) is 1. The van der Waals surface area contributed by atoms with Gasteiger partial charge in [-0.3, -0.25) is 0 Å². The Morgan fingerprint density at radius 3 is 2.71 bits per heavy atom. The highest BCUT2D eigenvalue weighted by molar-refractivity contribution is 6.31. The molecule has 2 aromatic rings. The van der Waals surface area contributed by atoms with Gasteiger partial charge in [0.25, 0.3) is 0 Å². The van der Waals surface area contributed by atoms with Crippen molar-refractivity contribution in [3.8, 4) is 5.75 Å². The van der Waals surface area contributed by atoms with Crippen LogP contribution in [0.1, 0.15) is 35.1 Å². The van der Waals surface area contributed by atoms with E-state index in [4.69, 9.17) is 22.1 Å². The molecule has 110 valence electrons. The molecule has 2 nitrogen and oxygen atoms in total. The fourth-order valence-electron chi connectivity index (χ4n) is 3.18. The summed E-state index contributed by atoms with van der Waals surface area (Å²) in [6, 6.07) is 12.3. The van der Waals surface area contributed by atoms with Gasteiger partial charge >= 0.3 is 0 Å². The molecular weight excluding hydrogens is 282 g/mol. The van der Waals surface area contributed by atoms with Gasteiger partial charge in [0.05, 0.1) is 12.6 Å². The van der Waals surface area contributed by atoms with Crippen LogP contribution in [0.4, 0.5) is 0 Å². The smallest absolute Gasteiger partial charge is 0.119 e. The summed E-state index contributed by atoms with van der Waals surface area (Å²) in [5, 5.41) is 0.771. The molecule has 2 aromatic carbocycles. The van der Waals surface area contributed by atoms with Gasteiger partial charge in [-0.15, -0.1) is 0 Å². The van der Waals surface area contributed by atoms with Gasteiger partial charge in [0.15, 0.2) is 0 Å². The maximum Gasteiger partial charge on any atom is 0.119 e. The van der Waals surface area contributed by atoms with Gasteiger partial charge in [-0.25, -0.2) is 0 Å². The summed E-state index contributed by atoms with van der Waals surface area (Å²) in [7, 11) is 1.69. The molecule has 3 rings (SSSR count). The Kier molecular flexibility index (Phi) is 3.68. The normalized spacial score (nSPS) is 21.0. The van der Waals surface area contributed by atoms with E-state index in [-0.39, 0.29) is 0 Å². The van der Waals surface area contributed by atoms with Gasteiger partial charge in [-0.05, 0) is 66.6 Å². The van der Waals surface area contributed by atoms with Crippen LogP contribution in [0.3, 0.4) is 0 Å². The van der Waals surface area contributed by atoms with Crippen molar-refractivity contribution in [1.82, 2.24) is 0 Å². The highest BCUT2D eigenvalue weighted by atomic mass is 35.5. The predicted octanol–water partition coefficient (Wildman–Crippen LogP) is 4.20. The van der Waals surface area contributed by atoms with Crippen molar-refractivity contribution in [2.24, 2.45) is 5.73 Å². The van der Waals surface area contributed by atoms with E-state index in [1.165, 1.54) is 5.56 Å². The van der Waals surface area contributed by atoms with Gasteiger partial charge in [-0.2, -0.15) is 0 Å². The molecule has 0 aliphatic heterocycles. The molecule has 1 atom stereocenters. The van der Waals surface area contributed by atoms with Crippen LogP contribution in [-0.2, 0) is 12.0 Å². The number of fused-ring (bicyclic) bond motifs is 1. The first kappa shape index (κ1) is 14.4. The van der Waals surface area contributed by atoms with Gasteiger partial charge in [-0.1, -0.05) is 29.8 Å². The van der Waals surface area contributed by atoms with E-state index >= 15 is 0 Å². The second kappa shape index (κ2) is 5.36. The van der Waals surface area contributed by atoms with Crippen LogP contribution in [0.15, 0.2) is 36.4 Å². The summed E-state index contributed by atoms with van der Waals surface area (Å²) in [4.78, 5) is 0. The third kappa shape index (κ3) is 2.43. The third-order valence-electron chi connectivity index (χ3n) is 4.50. The second-order valence-electron chi connectivity index (χ2n) is 5.81. The first-order valence-corrected chi connectivity index (χ1v) is 7.65. The number of methoxy groups -OCH3 is 1. The van der Waals surface area contributed by atoms with Crippen LogP contribution in [0.2, 0.25) is 5.02 Å². The Hall–Kier alpha value is -1.51. The lowest BCUT2D eigenvalue weighted by Crippen LogP contribution is -2.41. The molecule has 0 saturated carbocycles. The zero-order valence-corrected chi connectivity index (χ0v) is 13.2. The fourth-order valence-corrected chi connectivity index (χ4v) is 3.36. The molecule has 0 heterocycles. The fraction of sp³-hybridized carbons (Fsp3) is 0.333. The average molecular weight is 302 g/mol. The molecule has 1 aliphatic carbocycles. The molecule has 2 N–H and O–H groups in total. The minimum absolute atomic E-state index is 0.487. The Balaban J connectivity index is 2.16. The molecule has 0 saturated heterocycles. The minimum Gasteiger partial charge on any atom is -0.497 e. The van der Waals surface area contributed by atoms with Crippen molar-refractivity contribution < 1.29 is 4.74 Å². The van der Waals surface area contributed by atoms with Crippen LogP contribution < -0.4 is 10.5 Å². The number of hydrogen-bond donors (Lipinski definition) is 1. The maximum absolute atomic E-state index is 6.82. The lowest BCUT2D eigenvalue weighted by atomic mass is 9.73. The minimum atomic E-state index is -0.487. The summed E-state index contributed by atoms with van der Waals surface area (Å²) >= 11 is 6.30. The Labute approximate surface area is 130 Å². The summed E-state index contributed by atoms with van der Waals surface area (Å²) in [5.74, 6) is 0.851. The van der Waals surface area contributed by atoms with Gasteiger partial charge in [0, 0.05) is 5.02 Å². The summed E-state index contributed by atoms with van der Waals surface area (Å²) in [5.41, 5.74) is 11.0. The topological polar surface area (TPSA) is 35.2 Å². The van der Waals surface area contributed by atoms with E-state index in [9.17, 15) is 0 Å². The summed E-state index contributed by atoms with van der Waals surface area (Å²) < 4.78 is 5.37. The Morgan fingerprint density at radius 2 is 2.00 bits per heavy atom. The van der Waals surface area contributed by atoms with Crippen molar-refractivity contribution in [1.29, 1.82) is 0 Å². The molecule has 0 spiro atoms. The number of hydrogen-bond acceptors (Lipinski definition) is 2. The second-order valence-corrected chi connectivity index (χ2v) is 6.22. The number of aryl methyl sites for hydroxylation is 2. The van der Waals surface area contributed by atoms with E-state index in [1.54, 1.807) is 7.11 Å². The summed E-state index contributed by atoms with van der Waals surface area (Å²) in [6.45, 7) is 2.01. The Bertz CT molecular complexity index is 683. The first-order chi connectivity index (χ1) is 10.0. The van der Waals surface area contributed by atoms with Crippen LogP contribution in [0.5, 0.6) is 5.75 Å². The predicted molar refractivity (Wildman–Crippen MR) is 87.1 cm³/mol. The number of benzene rings is 2. The SMILES string of the molecule is COc1ccc2c(c1)C(N)(c1ccc(C)c(Cl)c1)CCC2. The molecule has 0 amide bonds. The lowest BCUT2D eigenvalue weighted by molar-refractivity contribution is 0.404. The molecule has 0 fully saturated rings. The van der Waals surface area contributed by atoms with Crippen molar-refractivity contribution in [2.45, 2.75) is 31.7 Å². The number of halogens is 1. The van der Waals surface area contributed by atoms with Crippen molar-refractivity contribution in [2.75, 3.05) is 7.11 Å². The zero-order valence-electron chi connectivity index (χ0n) is 12.4. The van der Waals surface area contributed by atoms with Gasteiger partial charge < -0.3 is 10.5 Å². The largest absolute Gasteiger partial charge is 0.497 e. The third-order valence-corrected chi connectivity index (χ3v) is 4.91. The zero-order chi connectivity index (χ0) is 15.0. The average Bonchev–Trinajstić information content (AvgIpc) is 2.50. The van der Waals surface area contributed by atoms with Crippen molar-refractivity contribution >= 4 is 11.6 Å². The van der Waals surface area contributed by atoms with E-state index < -0.39 is 5.54 Å². The molecule has 21 heavy (non-hydrogen) atoms. The quantitative estimate of drug-likeness (QED) is 0.902. The van der Waals surface area contributed by atoms with Gasteiger partial charge in [0.1, 0.15) is 5.75 Å². The molecule has 0 bridgehead atoms. The summed E-state index contributed by atoms with van der Waals surface area (Å²) in [6.07, 6.45) is 3.08. The van der Waals surface area contributed by atoms with Gasteiger partial charge in [0.2, 0.25) is 0 Å². The molecule has 0 aromatic heterocycles. The number of ether oxygens (including phenoxy) is 1. The van der Waals surface area contributed by atoms with Crippen LogP contribution >= 0.6 is 11.6 Å².